The third-order valence-electron chi connectivity index (χ3n) is 5.41. The number of amides is 1. The number of methoxy groups -OCH3 is 1. The number of halogens is 1. The lowest BCUT2D eigenvalue weighted by Gasteiger charge is -2.34. The van der Waals surface area contributed by atoms with E-state index in [1.807, 2.05) is 41.3 Å². The van der Waals surface area contributed by atoms with E-state index in [4.69, 9.17) is 20.9 Å². The number of nitrogens with zero attached hydrogens (tertiary/aromatic N) is 3. The molecule has 1 saturated heterocycles. The molecule has 0 aliphatic carbocycles. The van der Waals surface area contributed by atoms with E-state index in [0.29, 0.717) is 40.7 Å². The van der Waals surface area contributed by atoms with Crippen molar-refractivity contribution in [1.82, 2.24) is 15.0 Å². The van der Waals surface area contributed by atoms with Crippen LogP contribution in [0, 0.1) is 6.92 Å². The minimum Gasteiger partial charge on any atom is -0.497 e. The lowest BCUT2D eigenvalue weighted by molar-refractivity contribution is 0.0627. The number of carbonyl (C=O) groups is 1. The van der Waals surface area contributed by atoms with Gasteiger partial charge in [0, 0.05) is 38.3 Å². The summed E-state index contributed by atoms with van der Waals surface area (Å²) in [5.74, 6) is 1.30. The van der Waals surface area contributed by atoms with Crippen LogP contribution in [0.1, 0.15) is 21.7 Å². The second-order valence-corrected chi connectivity index (χ2v) is 7.77. The van der Waals surface area contributed by atoms with E-state index in [1.165, 1.54) is 5.56 Å². The highest BCUT2D eigenvalue weighted by Crippen LogP contribution is 2.32. The van der Waals surface area contributed by atoms with Crippen molar-refractivity contribution in [2.45, 2.75) is 13.5 Å². The van der Waals surface area contributed by atoms with Gasteiger partial charge in [-0.25, -0.2) is 0 Å². The molecule has 1 aromatic heterocycles. The Morgan fingerprint density at radius 3 is 2.63 bits per heavy atom. The van der Waals surface area contributed by atoms with Crippen molar-refractivity contribution in [2.75, 3.05) is 33.3 Å². The maximum atomic E-state index is 13.3. The van der Waals surface area contributed by atoms with Crippen LogP contribution in [0.2, 0.25) is 5.02 Å². The zero-order valence-electron chi connectivity index (χ0n) is 17.1. The van der Waals surface area contributed by atoms with Crippen LogP contribution in [0.15, 0.2) is 53.1 Å². The monoisotopic (exact) mass is 425 g/mol. The van der Waals surface area contributed by atoms with E-state index in [0.717, 1.165) is 25.4 Å². The molecule has 4 rings (SSSR count). The summed E-state index contributed by atoms with van der Waals surface area (Å²) >= 11 is 6.33. The second-order valence-electron chi connectivity index (χ2n) is 7.36. The average molecular weight is 426 g/mol. The summed E-state index contributed by atoms with van der Waals surface area (Å²) in [5.41, 5.74) is 2.90. The zero-order chi connectivity index (χ0) is 21.1. The molecule has 1 fully saturated rings. The van der Waals surface area contributed by atoms with Crippen LogP contribution in [-0.4, -0.2) is 54.2 Å². The van der Waals surface area contributed by atoms with Gasteiger partial charge in [0.25, 0.3) is 5.91 Å². The Kier molecular flexibility index (Phi) is 6.06. The van der Waals surface area contributed by atoms with Crippen LogP contribution >= 0.6 is 11.6 Å². The smallest absolute Gasteiger partial charge is 0.259 e. The topological polar surface area (TPSA) is 58.8 Å². The van der Waals surface area contributed by atoms with Gasteiger partial charge in [0.15, 0.2) is 0 Å². The van der Waals surface area contributed by atoms with Gasteiger partial charge in [-0.05, 0) is 30.7 Å². The first-order valence-electron chi connectivity index (χ1n) is 9.92. The number of rotatable bonds is 5. The molecule has 1 amide bonds. The number of hydrogen-bond donors (Lipinski definition) is 0. The molecule has 156 valence electrons. The largest absolute Gasteiger partial charge is 0.497 e. The van der Waals surface area contributed by atoms with E-state index in [9.17, 15) is 4.79 Å². The predicted molar refractivity (Wildman–Crippen MR) is 116 cm³/mol. The Morgan fingerprint density at radius 2 is 1.90 bits per heavy atom. The van der Waals surface area contributed by atoms with Gasteiger partial charge in [-0.3, -0.25) is 9.69 Å². The summed E-state index contributed by atoms with van der Waals surface area (Å²) in [6, 6.07) is 15.4. The summed E-state index contributed by atoms with van der Waals surface area (Å²) in [6.07, 6.45) is 0. The molecular formula is C23H24ClN3O3. The van der Waals surface area contributed by atoms with Crippen molar-refractivity contribution in [3.8, 4) is 17.0 Å². The molecule has 0 spiro atoms. The summed E-state index contributed by atoms with van der Waals surface area (Å²) in [6.45, 7) is 5.49. The van der Waals surface area contributed by atoms with Crippen molar-refractivity contribution < 1.29 is 14.1 Å². The Hall–Kier alpha value is -2.83. The number of benzene rings is 2. The van der Waals surface area contributed by atoms with Crippen LogP contribution < -0.4 is 4.74 Å². The summed E-state index contributed by atoms with van der Waals surface area (Å²) in [4.78, 5) is 17.5. The minimum absolute atomic E-state index is 0.0651. The highest BCUT2D eigenvalue weighted by molar-refractivity contribution is 6.33. The zero-order valence-corrected chi connectivity index (χ0v) is 17.9. The van der Waals surface area contributed by atoms with Crippen LogP contribution in [0.5, 0.6) is 5.75 Å². The van der Waals surface area contributed by atoms with Crippen LogP contribution in [0.3, 0.4) is 0 Å². The number of hydrogen-bond acceptors (Lipinski definition) is 5. The number of ether oxygens (including phenoxy) is 1. The Morgan fingerprint density at radius 1 is 1.13 bits per heavy atom. The Bertz CT molecular complexity index is 1040. The van der Waals surface area contributed by atoms with Gasteiger partial charge in [0.05, 0.1) is 12.1 Å². The van der Waals surface area contributed by atoms with Gasteiger partial charge in [-0.1, -0.05) is 47.1 Å². The quantitative estimate of drug-likeness (QED) is 0.611. The standard InChI is InChI=1S/C23H24ClN3O3/c1-16-21(22(25-30-16)19-8-3-4-9-20(19)24)23(28)27-12-10-26(11-13-27)15-17-6-5-7-18(14-17)29-2/h3-9,14H,10-13,15H2,1-2H3. The number of aryl methyl sites for hydroxylation is 1. The molecule has 0 radical (unpaired) electrons. The minimum atomic E-state index is -0.0651. The molecule has 1 aliphatic heterocycles. The molecule has 3 aromatic rings. The Labute approximate surface area is 181 Å². The van der Waals surface area contributed by atoms with Crippen LogP contribution in [0.25, 0.3) is 11.3 Å². The number of carbonyl (C=O) groups excluding carboxylic acids is 1. The van der Waals surface area contributed by atoms with Crippen LogP contribution in [0.4, 0.5) is 0 Å². The fraction of sp³-hybridized carbons (Fsp3) is 0.304. The number of aromatic nitrogens is 1. The molecule has 0 atom stereocenters. The Balaban J connectivity index is 1.45. The van der Waals surface area contributed by atoms with Gasteiger partial charge in [-0.2, -0.15) is 0 Å². The third kappa shape index (κ3) is 4.20. The van der Waals surface area contributed by atoms with E-state index in [2.05, 4.69) is 16.1 Å². The molecule has 7 heteroatoms. The molecule has 2 heterocycles. The predicted octanol–water partition coefficient (Wildman–Crippen LogP) is 4.27. The molecule has 0 saturated carbocycles. The molecule has 30 heavy (non-hydrogen) atoms. The van der Waals surface area contributed by atoms with Gasteiger partial charge in [0.2, 0.25) is 0 Å². The van der Waals surface area contributed by atoms with Crippen molar-refractivity contribution in [1.29, 1.82) is 0 Å². The SMILES string of the molecule is COc1cccc(CN2CCN(C(=O)c3c(-c4ccccc4Cl)noc3C)CC2)c1. The molecular weight excluding hydrogens is 402 g/mol. The van der Waals surface area contributed by atoms with Crippen molar-refractivity contribution in [3.05, 3.63) is 70.4 Å². The van der Waals surface area contributed by atoms with Gasteiger partial charge >= 0.3 is 0 Å². The second kappa shape index (κ2) is 8.90. The van der Waals surface area contributed by atoms with Gasteiger partial charge < -0.3 is 14.2 Å². The average Bonchev–Trinajstić information content (AvgIpc) is 3.15. The van der Waals surface area contributed by atoms with E-state index in [1.54, 1.807) is 20.1 Å². The van der Waals surface area contributed by atoms with Crippen molar-refractivity contribution in [3.63, 3.8) is 0 Å². The molecule has 1 aliphatic rings. The lowest BCUT2D eigenvalue weighted by Crippen LogP contribution is -2.48. The first-order valence-corrected chi connectivity index (χ1v) is 10.3. The molecule has 0 unspecified atom stereocenters. The third-order valence-corrected chi connectivity index (χ3v) is 5.73. The maximum absolute atomic E-state index is 13.3. The van der Waals surface area contributed by atoms with Crippen molar-refractivity contribution in [2.24, 2.45) is 0 Å². The van der Waals surface area contributed by atoms with E-state index < -0.39 is 0 Å². The van der Waals surface area contributed by atoms with Gasteiger partial charge in [-0.15, -0.1) is 0 Å². The fourth-order valence-corrected chi connectivity index (χ4v) is 3.98. The summed E-state index contributed by atoms with van der Waals surface area (Å²) in [7, 11) is 1.67. The maximum Gasteiger partial charge on any atom is 0.259 e. The first kappa shape index (κ1) is 20.4. The van der Waals surface area contributed by atoms with E-state index in [-0.39, 0.29) is 5.91 Å². The molecule has 6 nitrogen and oxygen atoms in total. The fourth-order valence-electron chi connectivity index (χ4n) is 3.76. The normalized spacial score (nSPS) is 14.7. The van der Waals surface area contributed by atoms with Crippen molar-refractivity contribution >= 4 is 17.5 Å². The molecule has 0 bridgehead atoms. The lowest BCUT2D eigenvalue weighted by atomic mass is 10.0. The van der Waals surface area contributed by atoms with Gasteiger partial charge in [0.1, 0.15) is 22.8 Å². The number of piperazine rings is 1. The summed E-state index contributed by atoms with van der Waals surface area (Å²) in [5, 5.41) is 4.67. The van der Waals surface area contributed by atoms with Crippen LogP contribution in [-0.2, 0) is 6.54 Å². The molecule has 2 aromatic carbocycles. The highest BCUT2D eigenvalue weighted by Gasteiger charge is 2.29. The summed E-state index contributed by atoms with van der Waals surface area (Å²) < 4.78 is 10.7. The highest BCUT2D eigenvalue weighted by atomic mass is 35.5. The first-order chi connectivity index (χ1) is 14.6. The van der Waals surface area contributed by atoms with E-state index >= 15 is 0 Å². The molecule has 0 N–H and O–H groups in total.